The van der Waals surface area contributed by atoms with E-state index in [0.717, 1.165) is 22.7 Å². The van der Waals surface area contributed by atoms with Crippen molar-refractivity contribution in [3.63, 3.8) is 0 Å². The topological polar surface area (TPSA) is 59.4 Å². The second kappa shape index (κ2) is 8.80. The Kier molecular flexibility index (Phi) is 6.21. The summed E-state index contributed by atoms with van der Waals surface area (Å²) in [7, 11) is 5.26. The van der Waals surface area contributed by atoms with Crippen LogP contribution in [0, 0.1) is 0 Å². The van der Waals surface area contributed by atoms with E-state index >= 15 is 0 Å². The molecule has 0 aliphatic heterocycles. The van der Waals surface area contributed by atoms with E-state index in [9.17, 15) is 4.79 Å². The average molecular weight is 399 g/mol. The number of carbonyl (C=O) groups is 1. The van der Waals surface area contributed by atoms with E-state index in [0.29, 0.717) is 11.6 Å². The minimum Gasteiger partial charge on any atom is -0.497 e. The van der Waals surface area contributed by atoms with Crippen LogP contribution in [0.4, 0.5) is 4.79 Å². The van der Waals surface area contributed by atoms with E-state index in [1.165, 1.54) is 0 Å². The number of amides is 2. The van der Waals surface area contributed by atoms with E-state index in [2.05, 4.69) is 10.3 Å². The molecule has 1 unspecified atom stereocenters. The van der Waals surface area contributed by atoms with Gasteiger partial charge in [0.2, 0.25) is 0 Å². The van der Waals surface area contributed by atoms with Gasteiger partial charge >= 0.3 is 6.03 Å². The van der Waals surface area contributed by atoms with Gasteiger partial charge in [-0.2, -0.15) is 0 Å². The summed E-state index contributed by atoms with van der Waals surface area (Å²) in [5, 5.41) is 3.71. The minimum atomic E-state index is -0.396. The maximum absolute atomic E-state index is 12.9. The molecule has 1 N–H and O–H groups in total. The van der Waals surface area contributed by atoms with Gasteiger partial charge in [0.25, 0.3) is 0 Å². The monoisotopic (exact) mass is 398 g/mol. The molecule has 1 aromatic heterocycles. The summed E-state index contributed by atoms with van der Waals surface area (Å²) >= 11 is 6.22. The van der Waals surface area contributed by atoms with Gasteiger partial charge in [-0.05, 0) is 29.3 Å². The van der Waals surface area contributed by atoms with Crippen molar-refractivity contribution in [1.82, 2.24) is 19.8 Å². The van der Waals surface area contributed by atoms with Crippen molar-refractivity contribution >= 4 is 17.6 Å². The van der Waals surface area contributed by atoms with Gasteiger partial charge in [0, 0.05) is 38.1 Å². The first-order valence-corrected chi connectivity index (χ1v) is 9.23. The Morgan fingerprint density at radius 3 is 2.57 bits per heavy atom. The predicted molar refractivity (Wildman–Crippen MR) is 109 cm³/mol. The molecule has 6 nitrogen and oxygen atoms in total. The van der Waals surface area contributed by atoms with Crippen molar-refractivity contribution in [2.24, 2.45) is 7.05 Å². The summed E-state index contributed by atoms with van der Waals surface area (Å²) in [4.78, 5) is 18.9. The third kappa shape index (κ3) is 4.46. The van der Waals surface area contributed by atoms with E-state index in [-0.39, 0.29) is 6.03 Å². The molecule has 146 valence electrons. The molecule has 28 heavy (non-hydrogen) atoms. The van der Waals surface area contributed by atoms with Crippen LogP contribution >= 0.6 is 11.6 Å². The van der Waals surface area contributed by atoms with Gasteiger partial charge < -0.3 is 19.5 Å². The SMILES string of the molecule is COc1ccc(C(NC(=O)N(C)Cc2ccccc2Cl)c2nccn2C)cc1. The zero-order valence-corrected chi connectivity index (χ0v) is 16.8. The van der Waals surface area contributed by atoms with Crippen LogP contribution in [-0.2, 0) is 13.6 Å². The molecule has 1 heterocycles. The number of hydrogen-bond acceptors (Lipinski definition) is 3. The lowest BCUT2D eigenvalue weighted by atomic mass is 10.1. The molecule has 0 saturated carbocycles. The van der Waals surface area contributed by atoms with E-state index in [1.807, 2.05) is 66.3 Å². The lowest BCUT2D eigenvalue weighted by Crippen LogP contribution is -2.40. The molecular formula is C21H23ClN4O2. The van der Waals surface area contributed by atoms with Crippen LogP contribution in [0.5, 0.6) is 5.75 Å². The molecule has 0 radical (unpaired) electrons. The number of aromatic nitrogens is 2. The number of nitrogens with zero attached hydrogens (tertiary/aromatic N) is 3. The molecule has 0 bridgehead atoms. The van der Waals surface area contributed by atoms with E-state index < -0.39 is 6.04 Å². The highest BCUT2D eigenvalue weighted by Gasteiger charge is 2.22. The van der Waals surface area contributed by atoms with Crippen LogP contribution in [0.15, 0.2) is 60.9 Å². The number of carbonyl (C=O) groups excluding carboxylic acids is 1. The Morgan fingerprint density at radius 2 is 1.96 bits per heavy atom. The average Bonchev–Trinajstić information content (AvgIpc) is 3.13. The molecule has 0 saturated heterocycles. The highest BCUT2D eigenvalue weighted by atomic mass is 35.5. The fourth-order valence-electron chi connectivity index (χ4n) is 2.94. The Bertz CT molecular complexity index is 940. The van der Waals surface area contributed by atoms with Gasteiger partial charge in [0.1, 0.15) is 17.6 Å². The Labute approximate surface area is 169 Å². The highest BCUT2D eigenvalue weighted by Crippen LogP contribution is 2.24. The Balaban J connectivity index is 1.81. The van der Waals surface area contributed by atoms with Crippen molar-refractivity contribution in [1.29, 1.82) is 0 Å². The summed E-state index contributed by atoms with van der Waals surface area (Å²) in [6.45, 7) is 0.404. The maximum Gasteiger partial charge on any atom is 0.318 e. The van der Waals surface area contributed by atoms with Gasteiger partial charge in [-0.15, -0.1) is 0 Å². The van der Waals surface area contributed by atoms with Crippen molar-refractivity contribution in [2.45, 2.75) is 12.6 Å². The maximum atomic E-state index is 12.9. The number of benzene rings is 2. The standard InChI is InChI=1S/C21H23ClN4O2/c1-25-13-12-23-20(25)19(15-8-10-17(28-3)11-9-15)24-21(27)26(2)14-16-6-4-5-7-18(16)22/h4-13,19H,14H2,1-3H3,(H,24,27). The molecule has 3 aromatic rings. The number of methoxy groups -OCH3 is 1. The fourth-order valence-corrected chi connectivity index (χ4v) is 3.13. The normalized spacial score (nSPS) is 11.7. The molecule has 0 aliphatic carbocycles. The van der Waals surface area contributed by atoms with Crippen LogP contribution < -0.4 is 10.1 Å². The Hall–Kier alpha value is -2.99. The zero-order chi connectivity index (χ0) is 20.1. The molecule has 2 amide bonds. The van der Waals surface area contributed by atoms with Crippen LogP contribution in [0.25, 0.3) is 0 Å². The third-order valence-electron chi connectivity index (χ3n) is 4.55. The number of nitrogens with one attached hydrogen (secondary N) is 1. The van der Waals surface area contributed by atoms with Crippen molar-refractivity contribution in [3.8, 4) is 5.75 Å². The van der Waals surface area contributed by atoms with E-state index in [1.54, 1.807) is 25.3 Å². The number of hydrogen-bond donors (Lipinski definition) is 1. The highest BCUT2D eigenvalue weighted by molar-refractivity contribution is 6.31. The number of imidazole rings is 1. The zero-order valence-electron chi connectivity index (χ0n) is 16.1. The van der Waals surface area contributed by atoms with E-state index in [4.69, 9.17) is 16.3 Å². The second-order valence-corrected chi connectivity index (χ2v) is 6.91. The van der Waals surface area contributed by atoms with Crippen LogP contribution in [0.3, 0.4) is 0 Å². The van der Waals surface area contributed by atoms with Crippen molar-refractivity contribution in [2.75, 3.05) is 14.2 Å². The van der Waals surface area contributed by atoms with Gasteiger partial charge in [0.15, 0.2) is 0 Å². The first kappa shape index (κ1) is 19.8. The number of aryl methyl sites for hydroxylation is 1. The second-order valence-electron chi connectivity index (χ2n) is 6.50. The third-order valence-corrected chi connectivity index (χ3v) is 4.91. The smallest absolute Gasteiger partial charge is 0.318 e. The molecule has 2 aromatic carbocycles. The number of ether oxygens (including phenoxy) is 1. The van der Waals surface area contributed by atoms with Crippen molar-refractivity contribution < 1.29 is 9.53 Å². The van der Waals surface area contributed by atoms with Crippen molar-refractivity contribution in [3.05, 3.63) is 82.9 Å². The predicted octanol–water partition coefficient (Wildman–Crippen LogP) is 4.01. The van der Waals surface area contributed by atoms with Gasteiger partial charge in [-0.3, -0.25) is 0 Å². The minimum absolute atomic E-state index is 0.219. The van der Waals surface area contributed by atoms with Gasteiger partial charge in [0.05, 0.1) is 7.11 Å². The molecule has 1 atom stereocenters. The molecule has 7 heteroatoms. The van der Waals surface area contributed by atoms with Crippen LogP contribution in [-0.4, -0.2) is 34.6 Å². The quantitative estimate of drug-likeness (QED) is 0.682. The molecule has 0 aliphatic rings. The summed E-state index contributed by atoms with van der Waals surface area (Å²) in [6, 6.07) is 14.5. The largest absolute Gasteiger partial charge is 0.497 e. The molecule has 3 rings (SSSR count). The first-order chi connectivity index (χ1) is 13.5. The van der Waals surface area contributed by atoms with Gasteiger partial charge in [-0.25, -0.2) is 9.78 Å². The summed E-state index contributed by atoms with van der Waals surface area (Å²) in [5.74, 6) is 1.49. The van der Waals surface area contributed by atoms with Gasteiger partial charge in [-0.1, -0.05) is 41.9 Å². The first-order valence-electron chi connectivity index (χ1n) is 8.85. The molecule has 0 spiro atoms. The summed E-state index contributed by atoms with van der Waals surface area (Å²) < 4.78 is 7.12. The lowest BCUT2D eigenvalue weighted by Gasteiger charge is -2.24. The number of halogens is 1. The van der Waals surface area contributed by atoms with Crippen LogP contribution in [0.1, 0.15) is 23.0 Å². The fraction of sp³-hybridized carbons (Fsp3) is 0.238. The van der Waals surface area contributed by atoms with Crippen LogP contribution in [0.2, 0.25) is 5.02 Å². The molecular weight excluding hydrogens is 376 g/mol. The Morgan fingerprint density at radius 1 is 1.25 bits per heavy atom. The summed E-state index contributed by atoms with van der Waals surface area (Å²) in [6.07, 6.45) is 3.57. The number of rotatable bonds is 6. The number of urea groups is 1. The molecule has 0 fully saturated rings. The summed E-state index contributed by atoms with van der Waals surface area (Å²) in [5.41, 5.74) is 1.80. The lowest BCUT2D eigenvalue weighted by molar-refractivity contribution is 0.204.